The van der Waals surface area contributed by atoms with E-state index in [0.29, 0.717) is 30.4 Å². The van der Waals surface area contributed by atoms with Crippen molar-refractivity contribution in [1.29, 1.82) is 5.26 Å². The smallest absolute Gasteiger partial charge is 0.255 e. The molecule has 120 valence electrons. The number of ether oxygens (including phenoxy) is 2. The van der Waals surface area contributed by atoms with Crippen LogP contribution in [0.3, 0.4) is 0 Å². The molecule has 6 heteroatoms. The monoisotopic (exact) mass is 321 g/mol. The summed E-state index contributed by atoms with van der Waals surface area (Å²) < 4.78 is 11.2. The summed E-state index contributed by atoms with van der Waals surface area (Å²) in [4.78, 5) is 14.4. The van der Waals surface area contributed by atoms with Gasteiger partial charge < -0.3 is 14.8 Å². The predicted molar refractivity (Wildman–Crippen MR) is 88.2 cm³/mol. The Morgan fingerprint density at radius 1 is 1.17 bits per heavy atom. The maximum absolute atomic E-state index is 12.9. The van der Waals surface area contributed by atoms with Crippen LogP contribution in [0.2, 0.25) is 0 Å². The number of anilines is 2. The first-order valence-corrected chi connectivity index (χ1v) is 7.71. The Balaban J connectivity index is 1.80. The summed E-state index contributed by atoms with van der Waals surface area (Å²) in [5.74, 6) is 1.08. The summed E-state index contributed by atoms with van der Waals surface area (Å²) in [5, 5.41) is 12.4. The molecule has 2 aliphatic heterocycles. The van der Waals surface area contributed by atoms with Crippen LogP contribution < -0.4 is 19.7 Å². The fraction of sp³-hybridized carbons (Fsp3) is 0.222. The van der Waals surface area contributed by atoms with Crippen LogP contribution in [-0.2, 0) is 4.79 Å². The van der Waals surface area contributed by atoms with Gasteiger partial charge in [0.1, 0.15) is 25.8 Å². The Morgan fingerprint density at radius 3 is 2.58 bits per heavy atom. The first-order chi connectivity index (χ1) is 11.8. The van der Waals surface area contributed by atoms with E-state index in [-0.39, 0.29) is 12.5 Å². The van der Waals surface area contributed by atoms with Crippen molar-refractivity contribution in [3.05, 3.63) is 48.0 Å². The van der Waals surface area contributed by atoms with E-state index in [0.717, 1.165) is 11.3 Å². The van der Waals surface area contributed by atoms with E-state index in [1.165, 1.54) is 4.90 Å². The van der Waals surface area contributed by atoms with Crippen LogP contribution in [0.1, 0.15) is 11.6 Å². The van der Waals surface area contributed by atoms with Crippen LogP contribution in [0.25, 0.3) is 0 Å². The number of benzene rings is 2. The number of carbonyl (C=O) groups is 1. The van der Waals surface area contributed by atoms with Crippen molar-refractivity contribution < 1.29 is 14.3 Å². The molecule has 4 rings (SSSR count). The number of nitrogens with one attached hydrogen (secondary N) is 1. The third kappa shape index (κ3) is 2.31. The van der Waals surface area contributed by atoms with E-state index >= 15 is 0 Å². The highest BCUT2D eigenvalue weighted by Crippen LogP contribution is 2.44. The van der Waals surface area contributed by atoms with Gasteiger partial charge in [0.25, 0.3) is 5.91 Å². The molecule has 2 aromatic carbocycles. The second-order valence-electron chi connectivity index (χ2n) is 5.58. The molecule has 0 aliphatic carbocycles. The average Bonchev–Trinajstić information content (AvgIpc) is 2.63. The molecule has 0 spiro atoms. The summed E-state index contributed by atoms with van der Waals surface area (Å²) >= 11 is 0. The van der Waals surface area contributed by atoms with Gasteiger partial charge in [0.2, 0.25) is 0 Å². The zero-order valence-corrected chi connectivity index (χ0v) is 12.9. The SMILES string of the molecule is N#CCN1C(=O)C(c2ccccc2)Nc2cc3c(cc21)OCCO3. The third-order valence-corrected chi connectivity index (χ3v) is 4.13. The van der Waals surface area contributed by atoms with E-state index in [1.807, 2.05) is 36.4 Å². The second kappa shape index (κ2) is 5.78. The summed E-state index contributed by atoms with van der Waals surface area (Å²) in [7, 11) is 0. The molecule has 0 fully saturated rings. The molecule has 0 saturated heterocycles. The van der Waals surface area contributed by atoms with Crippen molar-refractivity contribution in [3.8, 4) is 17.6 Å². The molecule has 24 heavy (non-hydrogen) atoms. The van der Waals surface area contributed by atoms with E-state index in [1.54, 1.807) is 6.07 Å². The minimum Gasteiger partial charge on any atom is -0.486 e. The van der Waals surface area contributed by atoms with Gasteiger partial charge in [-0.25, -0.2) is 0 Å². The number of fused-ring (bicyclic) bond motifs is 2. The van der Waals surface area contributed by atoms with Gasteiger partial charge in [-0.05, 0) is 5.56 Å². The molecule has 6 nitrogen and oxygen atoms in total. The van der Waals surface area contributed by atoms with Crippen molar-refractivity contribution in [1.82, 2.24) is 0 Å². The zero-order chi connectivity index (χ0) is 16.5. The van der Waals surface area contributed by atoms with Gasteiger partial charge in [0.15, 0.2) is 11.5 Å². The Kier molecular flexibility index (Phi) is 3.47. The lowest BCUT2D eigenvalue weighted by atomic mass is 10.0. The van der Waals surface area contributed by atoms with Gasteiger partial charge in [0.05, 0.1) is 17.4 Å². The summed E-state index contributed by atoms with van der Waals surface area (Å²) in [6.07, 6.45) is 0. The van der Waals surface area contributed by atoms with Gasteiger partial charge in [0, 0.05) is 12.1 Å². The number of nitrogens with zero attached hydrogens (tertiary/aromatic N) is 2. The topological polar surface area (TPSA) is 74.6 Å². The molecule has 1 unspecified atom stereocenters. The molecule has 2 aliphatic rings. The fourth-order valence-electron chi connectivity index (χ4n) is 3.01. The highest BCUT2D eigenvalue weighted by atomic mass is 16.6. The normalized spacial score (nSPS) is 18.4. The van der Waals surface area contributed by atoms with Crippen molar-refractivity contribution in [2.75, 3.05) is 30.0 Å². The standard InChI is InChI=1S/C18H15N3O3/c19-6-7-21-14-11-16-15(23-8-9-24-16)10-13(14)20-17(18(21)22)12-4-2-1-3-5-12/h1-5,10-11,17,20H,7-9H2. The average molecular weight is 321 g/mol. The lowest BCUT2D eigenvalue weighted by molar-refractivity contribution is -0.119. The Bertz CT molecular complexity index is 829. The second-order valence-corrected chi connectivity index (χ2v) is 5.58. The van der Waals surface area contributed by atoms with Crippen LogP contribution in [-0.4, -0.2) is 25.7 Å². The van der Waals surface area contributed by atoms with E-state index in [9.17, 15) is 4.79 Å². The maximum atomic E-state index is 12.9. The minimum atomic E-state index is -0.533. The molecule has 0 bridgehead atoms. The van der Waals surface area contributed by atoms with Crippen LogP contribution in [0.5, 0.6) is 11.5 Å². The molecule has 0 aromatic heterocycles. The van der Waals surface area contributed by atoms with Crippen molar-refractivity contribution in [2.24, 2.45) is 0 Å². The Hall–Kier alpha value is -3.20. The van der Waals surface area contributed by atoms with Gasteiger partial charge in [-0.3, -0.25) is 9.69 Å². The van der Waals surface area contributed by atoms with E-state index in [2.05, 4.69) is 11.4 Å². The van der Waals surface area contributed by atoms with E-state index < -0.39 is 6.04 Å². The lowest BCUT2D eigenvalue weighted by Gasteiger charge is -2.35. The molecular formula is C18H15N3O3. The van der Waals surface area contributed by atoms with Crippen LogP contribution in [0.15, 0.2) is 42.5 Å². The molecule has 0 saturated carbocycles. The molecule has 1 atom stereocenters. The highest BCUT2D eigenvalue weighted by Gasteiger charge is 2.34. The Morgan fingerprint density at radius 2 is 1.88 bits per heavy atom. The molecule has 2 heterocycles. The third-order valence-electron chi connectivity index (χ3n) is 4.13. The quantitative estimate of drug-likeness (QED) is 0.860. The number of rotatable bonds is 2. The summed E-state index contributed by atoms with van der Waals surface area (Å²) in [5.41, 5.74) is 2.24. The van der Waals surface area contributed by atoms with Crippen LogP contribution in [0.4, 0.5) is 11.4 Å². The van der Waals surface area contributed by atoms with Gasteiger partial charge in [-0.2, -0.15) is 5.26 Å². The predicted octanol–water partition coefficient (Wildman–Crippen LogP) is 2.48. The molecule has 2 aromatic rings. The van der Waals surface area contributed by atoms with Crippen LogP contribution >= 0.6 is 0 Å². The highest BCUT2D eigenvalue weighted by molar-refractivity contribution is 6.06. The summed E-state index contributed by atoms with van der Waals surface area (Å²) in [6.45, 7) is 0.948. The number of hydrogen-bond acceptors (Lipinski definition) is 5. The maximum Gasteiger partial charge on any atom is 0.255 e. The van der Waals surface area contributed by atoms with Crippen LogP contribution in [0, 0.1) is 11.3 Å². The number of hydrogen-bond donors (Lipinski definition) is 1. The number of nitriles is 1. The van der Waals surface area contributed by atoms with Gasteiger partial charge >= 0.3 is 0 Å². The number of carbonyl (C=O) groups excluding carboxylic acids is 1. The lowest BCUT2D eigenvalue weighted by Crippen LogP contribution is -2.42. The van der Waals surface area contributed by atoms with Crippen molar-refractivity contribution >= 4 is 17.3 Å². The minimum absolute atomic E-state index is 0.0174. The molecule has 0 radical (unpaired) electrons. The molecule has 1 amide bonds. The van der Waals surface area contributed by atoms with Crippen molar-refractivity contribution in [3.63, 3.8) is 0 Å². The summed E-state index contributed by atoms with van der Waals surface area (Å²) in [6, 6.07) is 14.6. The molecular weight excluding hydrogens is 306 g/mol. The number of amides is 1. The first-order valence-electron chi connectivity index (χ1n) is 7.71. The zero-order valence-electron chi connectivity index (χ0n) is 12.9. The largest absolute Gasteiger partial charge is 0.486 e. The molecule has 1 N–H and O–H groups in total. The van der Waals surface area contributed by atoms with Gasteiger partial charge in [-0.15, -0.1) is 0 Å². The van der Waals surface area contributed by atoms with E-state index in [4.69, 9.17) is 14.7 Å². The van der Waals surface area contributed by atoms with Gasteiger partial charge in [-0.1, -0.05) is 30.3 Å². The van der Waals surface area contributed by atoms with Crippen molar-refractivity contribution in [2.45, 2.75) is 6.04 Å². The fourth-order valence-corrected chi connectivity index (χ4v) is 3.01. The Labute approximate surface area is 139 Å². The first kappa shape index (κ1) is 14.4.